The molecular weight excluding hydrogens is 237 g/mol. The first-order chi connectivity index (χ1) is 8.47. The Morgan fingerprint density at radius 3 is 3.06 bits per heavy atom. The van der Waals surface area contributed by atoms with Crippen LogP contribution in [0.4, 0.5) is 4.39 Å². The van der Waals surface area contributed by atoms with Gasteiger partial charge in [0.25, 0.3) is 0 Å². The SMILES string of the molecule is CCOC(=O)C1(N)C[C@@H](C)Oc2ccc(F)cc21. The van der Waals surface area contributed by atoms with Crippen molar-refractivity contribution in [1.29, 1.82) is 0 Å². The summed E-state index contributed by atoms with van der Waals surface area (Å²) in [7, 11) is 0. The third-order valence-corrected chi connectivity index (χ3v) is 3.00. The van der Waals surface area contributed by atoms with Gasteiger partial charge >= 0.3 is 5.97 Å². The smallest absolute Gasteiger partial charge is 0.331 e. The van der Waals surface area contributed by atoms with Crippen LogP contribution in [0, 0.1) is 5.82 Å². The van der Waals surface area contributed by atoms with E-state index in [1.807, 2.05) is 6.92 Å². The van der Waals surface area contributed by atoms with E-state index >= 15 is 0 Å². The summed E-state index contributed by atoms with van der Waals surface area (Å²) in [5, 5.41) is 0. The second-order valence-electron chi connectivity index (χ2n) is 4.46. The molecule has 1 aromatic rings. The van der Waals surface area contributed by atoms with Gasteiger partial charge in [-0.15, -0.1) is 0 Å². The number of hydrogen-bond donors (Lipinski definition) is 1. The van der Waals surface area contributed by atoms with E-state index < -0.39 is 17.3 Å². The van der Waals surface area contributed by atoms with E-state index in [0.717, 1.165) is 0 Å². The Labute approximate surface area is 105 Å². The van der Waals surface area contributed by atoms with Crippen molar-refractivity contribution in [3.8, 4) is 5.75 Å². The first kappa shape index (κ1) is 12.8. The number of rotatable bonds is 2. The summed E-state index contributed by atoms with van der Waals surface area (Å²) in [6, 6.07) is 4.00. The first-order valence-corrected chi connectivity index (χ1v) is 5.90. The predicted octanol–water partition coefficient (Wildman–Crippen LogP) is 1.71. The molecule has 1 unspecified atom stereocenters. The zero-order valence-corrected chi connectivity index (χ0v) is 10.4. The highest BCUT2D eigenvalue weighted by molar-refractivity contribution is 5.84. The maximum atomic E-state index is 13.3. The summed E-state index contributed by atoms with van der Waals surface area (Å²) in [6.07, 6.45) is 0.0415. The molecule has 0 radical (unpaired) electrons. The van der Waals surface area contributed by atoms with Crippen molar-refractivity contribution in [2.24, 2.45) is 5.73 Å². The largest absolute Gasteiger partial charge is 0.490 e. The van der Waals surface area contributed by atoms with Crippen LogP contribution in [0.15, 0.2) is 18.2 Å². The van der Waals surface area contributed by atoms with Gasteiger partial charge in [-0.2, -0.15) is 0 Å². The second kappa shape index (κ2) is 4.57. The van der Waals surface area contributed by atoms with Gasteiger partial charge in [0, 0.05) is 12.0 Å². The third-order valence-electron chi connectivity index (χ3n) is 3.00. The molecule has 4 nitrogen and oxygen atoms in total. The molecule has 0 aliphatic carbocycles. The lowest BCUT2D eigenvalue weighted by molar-refractivity contribution is -0.152. The molecule has 1 aliphatic rings. The van der Waals surface area contributed by atoms with Gasteiger partial charge in [0.1, 0.15) is 17.1 Å². The molecule has 0 saturated heterocycles. The fourth-order valence-electron chi connectivity index (χ4n) is 2.23. The van der Waals surface area contributed by atoms with Crippen LogP contribution in [0.1, 0.15) is 25.8 Å². The molecule has 0 spiro atoms. The Kier molecular flexibility index (Phi) is 3.26. The minimum atomic E-state index is -1.34. The van der Waals surface area contributed by atoms with Crippen molar-refractivity contribution >= 4 is 5.97 Å². The topological polar surface area (TPSA) is 61.5 Å². The van der Waals surface area contributed by atoms with Gasteiger partial charge in [-0.25, -0.2) is 9.18 Å². The van der Waals surface area contributed by atoms with Crippen LogP contribution in [-0.2, 0) is 15.1 Å². The average molecular weight is 253 g/mol. The Morgan fingerprint density at radius 1 is 1.67 bits per heavy atom. The number of ether oxygens (including phenoxy) is 2. The molecule has 0 bridgehead atoms. The van der Waals surface area contributed by atoms with Gasteiger partial charge < -0.3 is 15.2 Å². The van der Waals surface area contributed by atoms with Gasteiger partial charge in [-0.1, -0.05) is 0 Å². The van der Waals surface area contributed by atoms with Crippen molar-refractivity contribution < 1.29 is 18.7 Å². The quantitative estimate of drug-likeness (QED) is 0.815. The summed E-state index contributed by atoms with van der Waals surface area (Å²) >= 11 is 0. The summed E-state index contributed by atoms with van der Waals surface area (Å²) < 4.78 is 23.9. The molecule has 2 rings (SSSR count). The van der Waals surface area contributed by atoms with Gasteiger partial charge in [0.2, 0.25) is 0 Å². The summed E-state index contributed by atoms with van der Waals surface area (Å²) in [6.45, 7) is 3.75. The zero-order chi connectivity index (χ0) is 13.3. The van der Waals surface area contributed by atoms with E-state index in [1.165, 1.54) is 18.2 Å². The standard InChI is InChI=1S/C13H16FNO3/c1-3-17-12(16)13(15)7-8(2)18-11-5-4-9(14)6-10(11)13/h4-6,8H,3,7,15H2,1-2H3/t8-,13?/m1/s1. The molecule has 2 atom stereocenters. The maximum Gasteiger partial charge on any atom is 0.331 e. The van der Waals surface area contributed by atoms with E-state index in [0.29, 0.717) is 11.3 Å². The minimum Gasteiger partial charge on any atom is -0.490 e. The van der Waals surface area contributed by atoms with Crippen molar-refractivity contribution in [3.63, 3.8) is 0 Å². The lowest BCUT2D eigenvalue weighted by atomic mass is 9.83. The minimum absolute atomic E-state index is 0.225. The fraction of sp³-hybridized carbons (Fsp3) is 0.462. The van der Waals surface area contributed by atoms with Crippen LogP contribution in [-0.4, -0.2) is 18.7 Å². The van der Waals surface area contributed by atoms with Crippen LogP contribution in [0.2, 0.25) is 0 Å². The van der Waals surface area contributed by atoms with E-state index in [-0.39, 0.29) is 19.1 Å². The van der Waals surface area contributed by atoms with Crippen LogP contribution in [0.3, 0.4) is 0 Å². The summed E-state index contributed by atoms with van der Waals surface area (Å²) in [5.41, 5.74) is 5.14. The maximum absolute atomic E-state index is 13.3. The van der Waals surface area contributed by atoms with Crippen molar-refractivity contribution in [3.05, 3.63) is 29.6 Å². The molecule has 18 heavy (non-hydrogen) atoms. The number of esters is 1. The number of nitrogens with two attached hydrogens (primary N) is 1. The number of halogens is 1. The van der Waals surface area contributed by atoms with Crippen LogP contribution in [0.25, 0.3) is 0 Å². The first-order valence-electron chi connectivity index (χ1n) is 5.90. The Morgan fingerprint density at radius 2 is 2.39 bits per heavy atom. The molecular formula is C13H16FNO3. The molecule has 1 heterocycles. The lowest BCUT2D eigenvalue weighted by Gasteiger charge is -2.36. The molecule has 1 aliphatic heterocycles. The summed E-state index contributed by atoms with van der Waals surface area (Å²) in [4.78, 5) is 12.0. The highest BCUT2D eigenvalue weighted by Crippen LogP contribution is 2.38. The normalized spacial score (nSPS) is 26.1. The molecule has 0 saturated carbocycles. The number of benzene rings is 1. The number of carbonyl (C=O) groups excluding carboxylic acids is 1. The van der Waals surface area contributed by atoms with Crippen LogP contribution >= 0.6 is 0 Å². The molecule has 1 aromatic carbocycles. The molecule has 0 amide bonds. The second-order valence-corrected chi connectivity index (χ2v) is 4.46. The number of fused-ring (bicyclic) bond motifs is 1. The van der Waals surface area contributed by atoms with E-state index in [1.54, 1.807) is 6.92 Å². The predicted molar refractivity (Wildman–Crippen MR) is 63.6 cm³/mol. The van der Waals surface area contributed by atoms with Gasteiger partial charge in [0.05, 0.1) is 12.7 Å². The molecule has 98 valence electrons. The summed E-state index contributed by atoms with van der Waals surface area (Å²) in [5.74, 6) is -0.566. The molecule has 0 fully saturated rings. The van der Waals surface area contributed by atoms with Crippen LogP contribution in [0.5, 0.6) is 5.75 Å². The van der Waals surface area contributed by atoms with Crippen molar-refractivity contribution in [2.75, 3.05) is 6.61 Å². The number of carbonyl (C=O) groups is 1. The van der Waals surface area contributed by atoms with Gasteiger partial charge in [-0.05, 0) is 32.0 Å². The average Bonchev–Trinajstić information content (AvgIpc) is 2.30. The monoisotopic (exact) mass is 253 g/mol. The van der Waals surface area contributed by atoms with Gasteiger partial charge in [-0.3, -0.25) is 0 Å². The number of hydrogen-bond acceptors (Lipinski definition) is 4. The van der Waals surface area contributed by atoms with Crippen LogP contribution < -0.4 is 10.5 Å². The highest BCUT2D eigenvalue weighted by Gasteiger charge is 2.45. The van der Waals surface area contributed by atoms with Crippen molar-refractivity contribution in [2.45, 2.75) is 31.9 Å². The Balaban J connectivity index is 2.49. The van der Waals surface area contributed by atoms with E-state index in [2.05, 4.69) is 0 Å². The zero-order valence-electron chi connectivity index (χ0n) is 10.4. The molecule has 5 heteroatoms. The van der Waals surface area contributed by atoms with Crippen molar-refractivity contribution in [1.82, 2.24) is 0 Å². The third kappa shape index (κ3) is 2.06. The van der Waals surface area contributed by atoms with Gasteiger partial charge in [0.15, 0.2) is 0 Å². The lowest BCUT2D eigenvalue weighted by Crippen LogP contribution is -2.51. The van der Waals surface area contributed by atoms with E-state index in [9.17, 15) is 9.18 Å². The molecule has 0 aromatic heterocycles. The Hall–Kier alpha value is -1.62. The Bertz CT molecular complexity index is 477. The van der Waals surface area contributed by atoms with E-state index in [4.69, 9.17) is 15.2 Å². The highest BCUT2D eigenvalue weighted by atomic mass is 19.1. The fourth-order valence-corrected chi connectivity index (χ4v) is 2.23. The molecule has 2 N–H and O–H groups in total.